The fraction of sp³-hybridized carbons (Fsp3) is 0.321. The first-order chi connectivity index (χ1) is 18.1. The highest BCUT2D eigenvalue weighted by molar-refractivity contribution is 7.20. The summed E-state index contributed by atoms with van der Waals surface area (Å²) in [5.41, 5.74) is 2.78. The lowest BCUT2D eigenvalue weighted by molar-refractivity contribution is 0.0751. The third-order valence-electron chi connectivity index (χ3n) is 7.36. The molecule has 9 heteroatoms. The van der Waals surface area contributed by atoms with Crippen LogP contribution in [0.1, 0.15) is 15.2 Å². The number of benzene rings is 2. The van der Waals surface area contributed by atoms with Gasteiger partial charge in [0.2, 0.25) is 0 Å². The SMILES string of the molecule is Cc1c(C(=O)N2CCN(c3ccccc3)CC2)sc2ncnc(N3CCN(c4ccccc4F)CC3)c12. The van der Waals surface area contributed by atoms with Crippen molar-refractivity contribution < 1.29 is 9.18 Å². The quantitative estimate of drug-likeness (QED) is 0.400. The molecule has 6 rings (SSSR count). The van der Waals surface area contributed by atoms with Gasteiger partial charge in [-0.25, -0.2) is 14.4 Å². The van der Waals surface area contributed by atoms with E-state index in [0.717, 1.165) is 52.7 Å². The molecule has 0 saturated carbocycles. The third kappa shape index (κ3) is 4.48. The number of aryl methyl sites for hydroxylation is 1. The first-order valence-corrected chi connectivity index (χ1v) is 13.5. The Labute approximate surface area is 219 Å². The first kappa shape index (κ1) is 23.7. The molecule has 0 bridgehead atoms. The van der Waals surface area contributed by atoms with E-state index in [-0.39, 0.29) is 11.7 Å². The Balaban J connectivity index is 1.19. The summed E-state index contributed by atoms with van der Waals surface area (Å²) in [7, 11) is 0. The largest absolute Gasteiger partial charge is 0.368 e. The molecule has 0 aliphatic carbocycles. The van der Waals surface area contributed by atoms with Crippen LogP contribution in [0.5, 0.6) is 0 Å². The summed E-state index contributed by atoms with van der Waals surface area (Å²) in [5.74, 6) is 0.741. The van der Waals surface area contributed by atoms with Crippen LogP contribution < -0.4 is 14.7 Å². The summed E-state index contributed by atoms with van der Waals surface area (Å²) in [6.07, 6.45) is 1.59. The highest BCUT2D eigenvalue weighted by Gasteiger charge is 2.28. The molecule has 0 atom stereocenters. The summed E-state index contributed by atoms with van der Waals surface area (Å²) < 4.78 is 14.3. The standard InChI is InChI=1S/C28H29FN6OS/c1-20-24-26(34-15-13-33(14-16-34)23-10-6-5-9-22(23)29)30-19-31-27(24)37-25(20)28(36)35-17-11-32(12-18-35)21-7-3-2-4-8-21/h2-10,19H,11-18H2,1H3. The van der Waals surface area contributed by atoms with Gasteiger partial charge in [0.05, 0.1) is 16.0 Å². The van der Waals surface area contributed by atoms with Crippen molar-refractivity contribution in [2.75, 3.05) is 67.1 Å². The van der Waals surface area contributed by atoms with Crippen LogP contribution in [0.15, 0.2) is 60.9 Å². The number of fused-ring (bicyclic) bond motifs is 1. The summed E-state index contributed by atoms with van der Waals surface area (Å²) in [6, 6.07) is 17.3. The van der Waals surface area contributed by atoms with Gasteiger partial charge >= 0.3 is 0 Å². The monoisotopic (exact) mass is 516 g/mol. The molecule has 37 heavy (non-hydrogen) atoms. The highest BCUT2D eigenvalue weighted by Crippen LogP contribution is 2.36. The zero-order chi connectivity index (χ0) is 25.4. The predicted octanol–water partition coefficient (Wildman–Crippen LogP) is 4.43. The zero-order valence-electron chi connectivity index (χ0n) is 20.8. The van der Waals surface area contributed by atoms with Crippen LogP contribution in [-0.2, 0) is 0 Å². The van der Waals surface area contributed by atoms with E-state index in [0.29, 0.717) is 31.9 Å². The molecule has 4 aromatic rings. The minimum Gasteiger partial charge on any atom is -0.368 e. The van der Waals surface area contributed by atoms with E-state index in [4.69, 9.17) is 0 Å². The number of piperazine rings is 2. The number of carbonyl (C=O) groups is 1. The molecule has 0 radical (unpaired) electrons. The Morgan fingerprint density at radius 1 is 0.811 bits per heavy atom. The normalized spacial score (nSPS) is 16.5. The maximum Gasteiger partial charge on any atom is 0.264 e. The molecule has 2 aromatic carbocycles. The van der Waals surface area contributed by atoms with Crippen molar-refractivity contribution in [3.8, 4) is 0 Å². The zero-order valence-corrected chi connectivity index (χ0v) is 21.6. The van der Waals surface area contributed by atoms with Crippen molar-refractivity contribution in [3.63, 3.8) is 0 Å². The van der Waals surface area contributed by atoms with Crippen LogP contribution in [0.3, 0.4) is 0 Å². The van der Waals surface area contributed by atoms with Gasteiger partial charge in [0.1, 0.15) is 22.8 Å². The maximum absolute atomic E-state index is 14.3. The van der Waals surface area contributed by atoms with Crippen molar-refractivity contribution in [2.45, 2.75) is 6.92 Å². The second-order valence-electron chi connectivity index (χ2n) is 9.47. The second kappa shape index (κ2) is 9.97. The van der Waals surface area contributed by atoms with Crippen molar-refractivity contribution in [3.05, 3.63) is 77.2 Å². The summed E-state index contributed by atoms with van der Waals surface area (Å²) >= 11 is 1.46. The average Bonchev–Trinajstić information content (AvgIpc) is 3.30. The molecule has 2 saturated heterocycles. The number of amides is 1. The number of para-hydroxylation sites is 2. The van der Waals surface area contributed by atoms with Gasteiger partial charge in [-0.05, 0) is 36.8 Å². The number of aromatic nitrogens is 2. The molecule has 2 fully saturated rings. The lowest BCUT2D eigenvalue weighted by Crippen LogP contribution is -2.48. The fourth-order valence-corrected chi connectivity index (χ4v) is 6.43. The molecule has 2 aliphatic heterocycles. The fourth-order valence-electron chi connectivity index (χ4n) is 5.31. The Hall–Kier alpha value is -3.72. The van der Waals surface area contributed by atoms with Gasteiger partial charge in [0, 0.05) is 58.0 Å². The molecular formula is C28H29FN6OS. The smallest absolute Gasteiger partial charge is 0.264 e. The lowest BCUT2D eigenvalue weighted by Gasteiger charge is -2.37. The van der Waals surface area contributed by atoms with Gasteiger partial charge in [0.25, 0.3) is 5.91 Å². The predicted molar refractivity (Wildman–Crippen MR) is 148 cm³/mol. The molecule has 2 aliphatic rings. The van der Waals surface area contributed by atoms with Crippen LogP contribution in [0.25, 0.3) is 10.2 Å². The van der Waals surface area contributed by atoms with Crippen LogP contribution in [0.2, 0.25) is 0 Å². The van der Waals surface area contributed by atoms with Crippen LogP contribution in [0, 0.1) is 12.7 Å². The number of hydrogen-bond acceptors (Lipinski definition) is 7. The molecule has 0 N–H and O–H groups in total. The van der Waals surface area contributed by atoms with E-state index in [1.54, 1.807) is 12.4 Å². The number of anilines is 3. The van der Waals surface area contributed by atoms with Crippen molar-refractivity contribution in [1.29, 1.82) is 0 Å². The summed E-state index contributed by atoms with van der Waals surface area (Å²) in [4.78, 5) is 32.9. The molecule has 4 heterocycles. The van der Waals surface area contributed by atoms with Gasteiger partial charge in [-0.3, -0.25) is 4.79 Å². The number of nitrogens with zero attached hydrogens (tertiary/aromatic N) is 6. The Kier molecular flexibility index (Phi) is 6.38. The molecular weight excluding hydrogens is 487 g/mol. The lowest BCUT2D eigenvalue weighted by atomic mass is 10.1. The first-order valence-electron chi connectivity index (χ1n) is 12.7. The molecule has 190 valence electrons. The highest BCUT2D eigenvalue weighted by atomic mass is 32.1. The Morgan fingerprint density at radius 3 is 2.19 bits per heavy atom. The number of rotatable bonds is 4. The molecule has 7 nitrogen and oxygen atoms in total. The minimum absolute atomic E-state index is 0.0727. The van der Waals surface area contributed by atoms with E-state index in [1.807, 2.05) is 42.2 Å². The van der Waals surface area contributed by atoms with Crippen LogP contribution in [-0.4, -0.2) is 73.1 Å². The molecule has 0 unspecified atom stereocenters. The van der Waals surface area contributed by atoms with Crippen LogP contribution in [0.4, 0.5) is 21.6 Å². The van der Waals surface area contributed by atoms with E-state index in [2.05, 4.69) is 36.8 Å². The van der Waals surface area contributed by atoms with Gasteiger partial charge in [-0.1, -0.05) is 30.3 Å². The van der Waals surface area contributed by atoms with Crippen molar-refractivity contribution >= 4 is 44.7 Å². The Bertz CT molecular complexity index is 1410. The third-order valence-corrected chi connectivity index (χ3v) is 8.55. The van der Waals surface area contributed by atoms with Crippen LogP contribution >= 0.6 is 11.3 Å². The summed E-state index contributed by atoms with van der Waals surface area (Å²) in [6.45, 7) is 7.87. The van der Waals surface area contributed by atoms with Crippen molar-refractivity contribution in [2.24, 2.45) is 0 Å². The topological polar surface area (TPSA) is 55.8 Å². The van der Waals surface area contributed by atoms with Gasteiger partial charge in [0.15, 0.2) is 0 Å². The van der Waals surface area contributed by atoms with E-state index >= 15 is 0 Å². The van der Waals surface area contributed by atoms with Gasteiger partial charge in [-0.2, -0.15) is 0 Å². The molecule has 2 aromatic heterocycles. The van der Waals surface area contributed by atoms with E-state index < -0.39 is 0 Å². The molecule has 1 amide bonds. The number of thiophene rings is 1. The number of hydrogen-bond donors (Lipinski definition) is 0. The summed E-state index contributed by atoms with van der Waals surface area (Å²) in [5, 5.41) is 0.957. The maximum atomic E-state index is 14.3. The Morgan fingerprint density at radius 2 is 1.46 bits per heavy atom. The van der Waals surface area contributed by atoms with E-state index in [1.165, 1.54) is 23.1 Å². The average molecular weight is 517 g/mol. The second-order valence-corrected chi connectivity index (χ2v) is 10.5. The van der Waals surface area contributed by atoms with E-state index in [9.17, 15) is 9.18 Å². The van der Waals surface area contributed by atoms with Gasteiger partial charge < -0.3 is 19.6 Å². The number of carbonyl (C=O) groups excluding carboxylic acids is 1. The van der Waals surface area contributed by atoms with Crippen molar-refractivity contribution in [1.82, 2.24) is 14.9 Å². The minimum atomic E-state index is -0.193. The molecule has 0 spiro atoms. The number of halogens is 1. The van der Waals surface area contributed by atoms with Gasteiger partial charge in [-0.15, -0.1) is 11.3 Å².